The van der Waals surface area contributed by atoms with Crippen LogP contribution in [0.5, 0.6) is 0 Å². The Labute approximate surface area is 214 Å². The smallest absolute Gasteiger partial charge is 0.475 e. The first kappa shape index (κ1) is 29.1. The fourth-order valence-corrected chi connectivity index (χ4v) is 3.62. The van der Waals surface area contributed by atoms with Gasteiger partial charge in [0.15, 0.2) is 0 Å². The Bertz CT molecular complexity index is 1080. The first-order valence-electron chi connectivity index (χ1n) is 10.6. The van der Waals surface area contributed by atoms with Crippen molar-refractivity contribution < 1.29 is 32.8 Å². The van der Waals surface area contributed by atoms with Crippen molar-refractivity contribution in [3.05, 3.63) is 68.2 Å². The lowest BCUT2D eigenvalue weighted by Gasteiger charge is -2.32. The number of carbonyl (C=O) groups excluding carboxylic acids is 1. The molecule has 9 nitrogen and oxygen atoms in total. The van der Waals surface area contributed by atoms with Gasteiger partial charge in [0, 0.05) is 37.5 Å². The van der Waals surface area contributed by atoms with Gasteiger partial charge in [0.2, 0.25) is 0 Å². The van der Waals surface area contributed by atoms with Crippen LogP contribution in [0.15, 0.2) is 42.5 Å². The maximum atomic E-state index is 12.4. The summed E-state index contributed by atoms with van der Waals surface area (Å²) in [4.78, 5) is 33.6. The number of hydrogen-bond acceptors (Lipinski definition) is 5. The van der Waals surface area contributed by atoms with Gasteiger partial charge in [-0.3, -0.25) is 10.1 Å². The second-order valence-electron chi connectivity index (χ2n) is 7.85. The maximum Gasteiger partial charge on any atom is 0.490 e. The lowest BCUT2D eigenvalue weighted by atomic mass is 9.97. The molecule has 0 spiro atoms. The van der Waals surface area contributed by atoms with E-state index in [1.165, 1.54) is 6.07 Å². The number of carboxylic acid groups (broad SMARTS) is 1. The van der Waals surface area contributed by atoms with Gasteiger partial charge in [0.1, 0.15) is 0 Å². The van der Waals surface area contributed by atoms with Crippen LogP contribution in [0, 0.1) is 16.0 Å². The number of non-ortho nitro benzene ring substituents is 1. The molecule has 0 atom stereocenters. The van der Waals surface area contributed by atoms with E-state index in [0.717, 1.165) is 24.9 Å². The van der Waals surface area contributed by atoms with Crippen LogP contribution in [0.1, 0.15) is 18.4 Å². The Morgan fingerprint density at radius 2 is 1.75 bits per heavy atom. The van der Waals surface area contributed by atoms with Crippen molar-refractivity contribution in [2.75, 3.05) is 25.0 Å². The number of amides is 2. The molecule has 0 aliphatic carbocycles. The van der Waals surface area contributed by atoms with Crippen molar-refractivity contribution in [1.29, 1.82) is 0 Å². The highest BCUT2D eigenvalue weighted by molar-refractivity contribution is 6.42. The molecular formula is C22H23Cl2F3N4O5. The summed E-state index contributed by atoms with van der Waals surface area (Å²) in [7, 11) is 0. The lowest BCUT2D eigenvalue weighted by Crippen LogP contribution is -2.42. The molecule has 0 unspecified atom stereocenters. The van der Waals surface area contributed by atoms with Gasteiger partial charge in [0.25, 0.3) is 5.69 Å². The topological polar surface area (TPSA) is 125 Å². The largest absolute Gasteiger partial charge is 0.490 e. The zero-order valence-corrected chi connectivity index (χ0v) is 20.2. The number of nitrogens with zero attached hydrogens (tertiary/aromatic N) is 2. The number of piperidine rings is 1. The number of alkyl halides is 3. The van der Waals surface area contributed by atoms with E-state index in [4.69, 9.17) is 33.1 Å². The molecule has 1 saturated heterocycles. The number of carbonyl (C=O) groups is 2. The van der Waals surface area contributed by atoms with E-state index in [1.807, 2.05) is 6.07 Å². The summed E-state index contributed by atoms with van der Waals surface area (Å²) in [6.07, 6.45) is -3.28. The molecule has 1 fully saturated rings. The van der Waals surface area contributed by atoms with Gasteiger partial charge in [-0.2, -0.15) is 13.2 Å². The van der Waals surface area contributed by atoms with Gasteiger partial charge in [-0.05, 0) is 49.1 Å². The number of aliphatic carboxylic acids is 1. The summed E-state index contributed by atoms with van der Waals surface area (Å²) < 4.78 is 31.7. The Morgan fingerprint density at radius 1 is 1.11 bits per heavy atom. The molecule has 3 N–H and O–H groups in total. The van der Waals surface area contributed by atoms with E-state index < -0.39 is 12.1 Å². The molecule has 2 amide bonds. The molecule has 0 radical (unpaired) electrons. The van der Waals surface area contributed by atoms with E-state index in [1.54, 1.807) is 35.2 Å². The summed E-state index contributed by atoms with van der Waals surface area (Å²) in [5, 5.41) is 25.0. The van der Waals surface area contributed by atoms with Gasteiger partial charge in [0.05, 0.1) is 15.0 Å². The van der Waals surface area contributed by atoms with E-state index in [-0.39, 0.29) is 16.6 Å². The number of anilines is 1. The van der Waals surface area contributed by atoms with Crippen molar-refractivity contribution in [2.45, 2.75) is 25.6 Å². The number of halogens is 5. The Balaban J connectivity index is 0.000000572. The molecule has 36 heavy (non-hydrogen) atoms. The van der Waals surface area contributed by atoms with E-state index >= 15 is 0 Å². The predicted octanol–water partition coefficient (Wildman–Crippen LogP) is 5.57. The summed E-state index contributed by atoms with van der Waals surface area (Å²) in [6, 6.07) is 11.5. The third kappa shape index (κ3) is 9.51. The molecule has 0 bridgehead atoms. The van der Waals surface area contributed by atoms with E-state index in [9.17, 15) is 28.1 Å². The average Bonchev–Trinajstić information content (AvgIpc) is 2.82. The molecule has 1 heterocycles. The zero-order chi connectivity index (χ0) is 26.9. The highest BCUT2D eigenvalue weighted by atomic mass is 35.5. The van der Waals surface area contributed by atoms with Gasteiger partial charge in [-0.15, -0.1) is 0 Å². The first-order chi connectivity index (χ1) is 16.9. The summed E-state index contributed by atoms with van der Waals surface area (Å²) in [5.74, 6) is -2.30. The van der Waals surface area contributed by atoms with Crippen LogP contribution in [0.3, 0.4) is 0 Å². The minimum absolute atomic E-state index is 0.102. The molecular weight excluding hydrogens is 528 g/mol. The SMILES string of the molecule is O=C(Nc1ccc(Cl)c(Cl)c1)N1CCC(CNCc2cccc([N+](=O)[O-])c2)CC1.O=C(O)C(F)(F)F. The fourth-order valence-electron chi connectivity index (χ4n) is 3.32. The second kappa shape index (κ2) is 13.3. The van der Waals surface area contributed by atoms with Gasteiger partial charge >= 0.3 is 18.2 Å². The number of nitrogens with one attached hydrogen (secondary N) is 2. The van der Waals surface area contributed by atoms with Crippen LogP contribution >= 0.6 is 23.2 Å². The Hall–Kier alpha value is -3.09. The van der Waals surface area contributed by atoms with Crippen LogP contribution in [-0.2, 0) is 11.3 Å². The highest BCUT2D eigenvalue weighted by Gasteiger charge is 2.38. The van der Waals surface area contributed by atoms with Crippen LogP contribution < -0.4 is 10.6 Å². The molecule has 2 aromatic carbocycles. The lowest BCUT2D eigenvalue weighted by molar-refractivity contribution is -0.384. The number of likely N-dealkylation sites (tertiary alicyclic amines) is 1. The van der Waals surface area contributed by atoms with Crippen molar-refractivity contribution in [3.8, 4) is 0 Å². The number of hydrogen-bond donors (Lipinski definition) is 3. The van der Waals surface area contributed by atoms with E-state index in [2.05, 4.69) is 10.6 Å². The zero-order valence-electron chi connectivity index (χ0n) is 18.7. The number of urea groups is 1. The number of rotatable bonds is 6. The standard InChI is InChI=1S/C20H22Cl2N4O3.C2HF3O2/c21-18-5-4-16(11-19(18)22)24-20(27)25-8-6-14(7-9-25)12-23-13-15-2-1-3-17(10-15)26(28)29;3-2(4,5)1(6)7/h1-5,10-11,14,23H,6-9,12-13H2,(H,24,27);(H,6,7). The molecule has 3 rings (SSSR count). The molecule has 0 aromatic heterocycles. The maximum absolute atomic E-state index is 12.4. The van der Waals surface area contributed by atoms with Crippen molar-refractivity contribution in [2.24, 2.45) is 5.92 Å². The summed E-state index contributed by atoms with van der Waals surface area (Å²) in [5.41, 5.74) is 1.60. The van der Waals surface area contributed by atoms with E-state index in [0.29, 0.717) is 41.3 Å². The molecule has 2 aromatic rings. The predicted molar refractivity (Wildman–Crippen MR) is 128 cm³/mol. The van der Waals surface area contributed by atoms with Crippen LogP contribution in [0.25, 0.3) is 0 Å². The first-order valence-corrected chi connectivity index (χ1v) is 11.4. The molecule has 196 valence electrons. The van der Waals surface area contributed by atoms with Crippen molar-refractivity contribution in [1.82, 2.24) is 10.2 Å². The Morgan fingerprint density at radius 3 is 2.31 bits per heavy atom. The minimum Gasteiger partial charge on any atom is -0.475 e. The summed E-state index contributed by atoms with van der Waals surface area (Å²) in [6.45, 7) is 2.75. The molecule has 0 saturated carbocycles. The Kier molecular flexibility index (Phi) is 10.8. The quantitative estimate of drug-likeness (QED) is 0.319. The number of carboxylic acids is 1. The van der Waals surface area contributed by atoms with Crippen molar-refractivity contribution in [3.63, 3.8) is 0 Å². The number of nitro groups is 1. The second-order valence-corrected chi connectivity index (χ2v) is 8.66. The van der Waals surface area contributed by atoms with Gasteiger partial charge in [-0.1, -0.05) is 35.3 Å². The monoisotopic (exact) mass is 550 g/mol. The highest BCUT2D eigenvalue weighted by Crippen LogP contribution is 2.25. The minimum atomic E-state index is -5.08. The van der Waals surface area contributed by atoms with Gasteiger partial charge < -0.3 is 20.6 Å². The van der Waals surface area contributed by atoms with Crippen molar-refractivity contribution >= 4 is 46.6 Å². The van der Waals surface area contributed by atoms with Crippen LogP contribution in [0.2, 0.25) is 10.0 Å². The average molecular weight is 551 g/mol. The molecule has 1 aliphatic heterocycles. The summed E-state index contributed by atoms with van der Waals surface area (Å²) >= 11 is 11.9. The third-order valence-electron chi connectivity index (χ3n) is 5.20. The molecule has 14 heteroatoms. The number of benzene rings is 2. The molecule has 1 aliphatic rings. The van der Waals surface area contributed by atoms with Gasteiger partial charge in [-0.25, -0.2) is 9.59 Å². The number of nitro benzene ring substituents is 1. The fraction of sp³-hybridized carbons (Fsp3) is 0.364. The normalized spacial score (nSPS) is 14.0. The van der Waals surface area contributed by atoms with Crippen LogP contribution in [-0.4, -0.2) is 52.7 Å². The third-order valence-corrected chi connectivity index (χ3v) is 5.94. The van der Waals surface area contributed by atoms with Crippen LogP contribution in [0.4, 0.5) is 29.3 Å².